The molecule has 0 atom stereocenters. The van der Waals surface area contributed by atoms with Crippen molar-refractivity contribution in [2.75, 3.05) is 19.6 Å². The maximum atomic E-state index is 5.98. The zero-order valence-electron chi connectivity index (χ0n) is 14.6. The third kappa shape index (κ3) is 5.73. The van der Waals surface area contributed by atoms with Gasteiger partial charge in [0.25, 0.3) is 0 Å². The molecule has 1 aliphatic heterocycles. The largest absolute Gasteiger partial charge is 0.328 e. The fourth-order valence-corrected chi connectivity index (χ4v) is 3.72. The lowest BCUT2D eigenvalue weighted by atomic mass is 9.75. The van der Waals surface area contributed by atoms with E-state index < -0.39 is 0 Å². The summed E-state index contributed by atoms with van der Waals surface area (Å²) in [6.07, 6.45) is 8.03. The van der Waals surface area contributed by atoms with Gasteiger partial charge in [0.05, 0.1) is 0 Å². The molecular formula is C18H40N2. The lowest BCUT2D eigenvalue weighted by Crippen LogP contribution is -2.41. The van der Waals surface area contributed by atoms with Crippen LogP contribution >= 0.6 is 0 Å². The normalized spacial score (nSPS) is 29.7. The zero-order valence-corrected chi connectivity index (χ0v) is 14.6. The number of likely N-dealkylation sites (tertiary alicyclic amines) is 1. The number of rotatable bonds is 2. The van der Waals surface area contributed by atoms with Gasteiger partial charge in [-0.05, 0) is 68.9 Å². The fourth-order valence-electron chi connectivity index (χ4n) is 3.72. The quantitative estimate of drug-likeness (QED) is 0.807. The van der Waals surface area contributed by atoms with E-state index >= 15 is 0 Å². The van der Waals surface area contributed by atoms with E-state index in [1.807, 2.05) is 13.8 Å². The molecule has 1 heterocycles. The third-order valence-corrected chi connectivity index (χ3v) is 5.22. The summed E-state index contributed by atoms with van der Waals surface area (Å²) < 4.78 is 0. The van der Waals surface area contributed by atoms with Crippen molar-refractivity contribution in [1.82, 2.24) is 4.90 Å². The minimum Gasteiger partial charge on any atom is -0.328 e. The molecule has 0 radical (unpaired) electrons. The smallest absolute Gasteiger partial charge is 0.00390 e. The number of hydrogen-bond acceptors (Lipinski definition) is 2. The van der Waals surface area contributed by atoms with Gasteiger partial charge in [-0.25, -0.2) is 0 Å². The first-order valence-corrected chi connectivity index (χ1v) is 8.93. The van der Waals surface area contributed by atoms with Crippen molar-refractivity contribution in [1.29, 1.82) is 0 Å². The Bertz CT molecular complexity index is 246. The molecule has 2 N–H and O–H groups in total. The van der Waals surface area contributed by atoms with Gasteiger partial charge in [0.2, 0.25) is 0 Å². The van der Waals surface area contributed by atoms with Crippen LogP contribution in [-0.4, -0.2) is 30.6 Å². The lowest BCUT2D eigenvalue weighted by molar-refractivity contribution is 0.0938. The van der Waals surface area contributed by atoms with Gasteiger partial charge in [-0.1, -0.05) is 34.6 Å². The lowest BCUT2D eigenvalue weighted by Gasteiger charge is -2.40. The van der Waals surface area contributed by atoms with Gasteiger partial charge >= 0.3 is 0 Å². The molecule has 0 unspecified atom stereocenters. The predicted molar refractivity (Wildman–Crippen MR) is 92.0 cm³/mol. The van der Waals surface area contributed by atoms with Gasteiger partial charge < -0.3 is 10.6 Å². The van der Waals surface area contributed by atoms with Crippen LogP contribution < -0.4 is 5.73 Å². The van der Waals surface area contributed by atoms with Crippen LogP contribution in [0, 0.1) is 17.3 Å². The fraction of sp³-hybridized carbons (Fsp3) is 1.00. The van der Waals surface area contributed by atoms with Gasteiger partial charge in [-0.3, -0.25) is 0 Å². The second kappa shape index (κ2) is 8.38. The van der Waals surface area contributed by atoms with Crippen LogP contribution in [0.2, 0.25) is 0 Å². The molecule has 2 heteroatoms. The summed E-state index contributed by atoms with van der Waals surface area (Å²) in [5.74, 6) is 1.85. The summed E-state index contributed by atoms with van der Waals surface area (Å²) in [4.78, 5) is 2.71. The Morgan fingerprint density at radius 1 is 0.950 bits per heavy atom. The molecule has 0 aromatic rings. The second-order valence-corrected chi connectivity index (χ2v) is 7.72. The highest BCUT2D eigenvalue weighted by Crippen LogP contribution is 2.35. The highest BCUT2D eigenvalue weighted by molar-refractivity contribution is 4.83. The van der Waals surface area contributed by atoms with E-state index in [1.54, 1.807) is 0 Å². The average molecular weight is 285 g/mol. The Morgan fingerprint density at radius 3 is 1.90 bits per heavy atom. The molecule has 2 nitrogen and oxygen atoms in total. The Morgan fingerprint density at radius 2 is 1.45 bits per heavy atom. The van der Waals surface area contributed by atoms with Gasteiger partial charge in [-0.2, -0.15) is 0 Å². The molecule has 2 rings (SSSR count). The van der Waals surface area contributed by atoms with E-state index in [0.29, 0.717) is 11.5 Å². The highest BCUT2D eigenvalue weighted by atomic mass is 15.1. The number of hydrogen-bond donors (Lipinski definition) is 1. The van der Waals surface area contributed by atoms with Crippen molar-refractivity contribution in [3.63, 3.8) is 0 Å². The molecule has 1 saturated heterocycles. The Labute approximate surface area is 129 Å². The van der Waals surface area contributed by atoms with Crippen LogP contribution in [0.5, 0.6) is 0 Å². The molecule has 122 valence electrons. The summed E-state index contributed by atoms with van der Waals surface area (Å²) in [6, 6.07) is 0.493. The molecular weight excluding hydrogens is 244 g/mol. The van der Waals surface area contributed by atoms with Crippen molar-refractivity contribution in [3.8, 4) is 0 Å². The molecule has 0 aromatic carbocycles. The second-order valence-electron chi connectivity index (χ2n) is 7.72. The molecule has 1 saturated carbocycles. The maximum Gasteiger partial charge on any atom is 0.00390 e. The minimum atomic E-state index is 0. The molecule has 0 aromatic heterocycles. The Kier molecular flexibility index (Phi) is 7.53. The summed E-state index contributed by atoms with van der Waals surface area (Å²) in [7, 11) is 0. The molecule has 1 aliphatic carbocycles. The first-order valence-electron chi connectivity index (χ1n) is 8.93. The van der Waals surface area contributed by atoms with E-state index in [4.69, 9.17) is 5.73 Å². The van der Waals surface area contributed by atoms with Gasteiger partial charge in [-0.15, -0.1) is 0 Å². The maximum absolute atomic E-state index is 5.98. The van der Waals surface area contributed by atoms with Crippen LogP contribution in [0.3, 0.4) is 0 Å². The zero-order chi connectivity index (χ0) is 15.2. The topological polar surface area (TPSA) is 29.3 Å². The predicted octanol–water partition coefficient (Wildman–Crippen LogP) is 4.53. The van der Waals surface area contributed by atoms with Crippen LogP contribution in [0.25, 0.3) is 0 Å². The molecule has 0 bridgehead atoms. The van der Waals surface area contributed by atoms with Gasteiger partial charge in [0.1, 0.15) is 0 Å². The summed E-state index contributed by atoms with van der Waals surface area (Å²) in [5, 5.41) is 0. The first-order chi connectivity index (χ1) is 9.45. The van der Waals surface area contributed by atoms with Gasteiger partial charge in [0.15, 0.2) is 0 Å². The molecule has 2 fully saturated rings. The van der Waals surface area contributed by atoms with E-state index in [-0.39, 0.29) is 1.43 Å². The van der Waals surface area contributed by atoms with Crippen LogP contribution in [-0.2, 0) is 0 Å². The van der Waals surface area contributed by atoms with E-state index in [9.17, 15) is 0 Å². The van der Waals surface area contributed by atoms with E-state index in [2.05, 4.69) is 25.7 Å². The average Bonchev–Trinajstić information content (AvgIpc) is 2.43. The Hall–Kier alpha value is -0.0800. The molecule has 20 heavy (non-hydrogen) atoms. The summed E-state index contributed by atoms with van der Waals surface area (Å²) >= 11 is 0. The van der Waals surface area contributed by atoms with Crippen molar-refractivity contribution < 1.29 is 1.43 Å². The van der Waals surface area contributed by atoms with Crippen molar-refractivity contribution >= 4 is 0 Å². The van der Waals surface area contributed by atoms with Gasteiger partial charge in [0, 0.05) is 14.0 Å². The summed E-state index contributed by atoms with van der Waals surface area (Å²) in [5.41, 5.74) is 6.49. The van der Waals surface area contributed by atoms with E-state index in [0.717, 1.165) is 11.8 Å². The monoisotopic (exact) mass is 284 g/mol. The van der Waals surface area contributed by atoms with Crippen molar-refractivity contribution in [2.45, 2.75) is 79.2 Å². The first kappa shape index (κ1) is 18.0. The molecule has 0 spiro atoms. The van der Waals surface area contributed by atoms with Crippen molar-refractivity contribution in [2.24, 2.45) is 23.0 Å². The number of piperidine rings is 1. The minimum absolute atomic E-state index is 0. The SMILES string of the molecule is CC.CC(C)(C)C1CCN(CC2CCC(N)CC2)CC1.[HH]. The highest BCUT2D eigenvalue weighted by Gasteiger charge is 2.30. The Balaban J connectivity index is 0.00000128. The van der Waals surface area contributed by atoms with Crippen molar-refractivity contribution in [3.05, 3.63) is 0 Å². The third-order valence-electron chi connectivity index (χ3n) is 5.22. The number of nitrogens with two attached hydrogens (primary N) is 1. The van der Waals surface area contributed by atoms with Crippen LogP contribution in [0.4, 0.5) is 0 Å². The molecule has 0 amide bonds. The molecule has 2 aliphatic rings. The van der Waals surface area contributed by atoms with Crippen LogP contribution in [0.15, 0.2) is 0 Å². The van der Waals surface area contributed by atoms with E-state index in [1.165, 1.54) is 58.2 Å². The van der Waals surface area contributed by atoms with Crippen LogP contribution in [0.1, 0.15) is 74.6 Å². The number of nitrogens with zero attached hydrogens (tertiary/aromatic N) is 1. The summed E-state index contributed by atoms with van der Waals surface area (Å²) in [6.45, 7) is 15.2. The standard InChI is InChI=1S/C16H32N2.C2H6.H2/c1-16(2,3)14-8-10-18(11-9-14)12-13-4-6-15(17)7-5-13;1-2;/h13-15H,4-12,17H2,1-3H3;1-2H3;1H.